The van der Waals surface area contributed by atoms with Gasteiger partial charge in [-0.1, -0.05) is 0 Å². The smallest absolute Gasteiger partial charge is 1.00 e. The molecule has 0 radical (unpaired) electrons. The van der Waals surface area contributed by atoms with Gasteiger partial charge in [0.05, 0.1) is 0 Å². The second kappa shape index (κ2) is 9.51. The number of aliphatic hydroxyl groups is 1. The summed E-state index contributed by atoms with van der Waals surface area (Å²) in [4.78, 5) is 0. The van der Waals surface area contributed by atoms with Crippen molar-refractivity contribution >= 4 is 40.0 Å². The Balaban J connectivity index is -0.00000000750. The third-order valence-corrected chi connectivity index (χ3v) is 0. The Morgan fingerprint density at radius 3 is 1.50 bits per heavy atom. The molecule has 0 aliphatic rings. The Morgan fingerprint density at radius 2 is 1.50 bits per heavy atom. The molecule has 0 saturated carbocycles. The average molecular weight is 167 g/mol. The third kappa shape index (κ3) is 63.3. The van der Waals surface area contributed by atoms with E-state index in [0.29, 0.717) is 0 Å². The van der Waals surface area contributed by atoms with E-state index in [-0.39, 0.29) is 49.0 Å². The van der Waals surface area contributed by atoms with Gasteiger partial charge in [0, 0.05) is 6.10 Å². The van der Waals surface area contributed by atoms with Crippen molar-refractivity contribution in [3.8, 4) is 0 Å². The molecule has 0 bridgehead atoms. The van der Waals surface area contributed by atoms with Crippen molar-refractivity contribution in [1.29, 1.82) is 0 Å². The second-order valence-corrected chi connectivity index (χ2v) is 1.09. The zero-order valence-corrected chi connectivity index (χ0v) is 7.27. The molecular formula is C3H11BrMgO. The SMILES string of the molecule is Br.CC(C)O.[H-].[H-].[Mg+2]. The molecule has 0 heterocycles. The van der Waals surface area contributed by atoms with Crippen LogP contribution in [0, 0.1) is 0 Å². The molecule has 0 rings (SSSR count). The molecule has 0 saturated heterocycles. The van der Waals surface area contributed by atoms with Gasteiger partial charge in [0.15, 0.2) is 0 Å². The molecule has 38 valence electrons. The quantitative estimate of drug-likeness (QED) is 0.529. The molecule has 1 N–H and O–H groups in total. The van der Waals surface area contributed by atoms with Crippen molar-refractivity contribution in [2.45, 2.75) is 20.0 Å². The fourth-order valence-corrected chi connectivity index (χ4v) is 0. The zero-order chi connectivity index (χ0) is 3.58. The van der Waals surface area contributed by atoms with E-state index in [0.717, 1.165) is 0 Å². The van der Waals surface area contributed by atoms with E-state index in [1.807, 2.05) is 0 Å². The summed E-state index contributed by atoms with van der Waals surface area (Å²) in [6.07, 6.45) is -0.167. The van der Waals surface area contributed by atoms with Crippen LogP contribution in [0.5, 0.6) is 0 Å². The molecule has 0 atom stereocenters. The van der Waals surface area contributed by atoms with Crippen LogP contribution in [-0.4, -0.2) is 34.3 Å². The van der Waals surface area contributed by atoms with E-state index in [1.165, 1.54) is 0 Å². The summed E-state index contributed by atoms with van der Waals surface area (Å²) in [5, 5.41) is 8.06. The van der Waals surface area contributed by atoms with Gasteiger partial charge in [-0.2, -0.15) is 0 Å². The van der Waals surface area contributed by atoms with Crippen molar-refractivity contribution in [3.63, 3.8) is 0 Å². The summed E-state index contributed by atoms with van der Waals surface area (Å²) in [5.41, 5.74) is 0. The average Bonchev–Trinajstić information content (AvgIpc) is 0.811. The van der Waals surface area contributed by atoms with Gasteiger partial charge < -0.3 is 7.96 Å². The van der Waals surface area contributed by atoms with E-state index < -0.39 is 0 Å². The molecule has 0 aromatic rings. The fourth-order valence-electron chi connectivity index (χ4n) is 0. The number of hydrogen-bond acceptors (Lipinski definition) is 1. The fraction of sp³-hybridized carbons (Fsp3) is 1.00. The topological polar surface area (TPSA) is 20.2 Å². The first kappa shape index (κ1) is 15.7. The molecule has 0 aliphatic carbocycles. The Labute approximate surface area is 68.0 Å². The number of rotatable bonds is 0. The molecule has 1 nitrogen and oxygen atoms in total. The summed E-state index contributed by atoms with van der Waals surface area (Å²) in [5.74, 6) is 0. The molecule has 0 aromatic heterocycles. The minimum atomic E-state index is -0.167. The Kier molecular flexibility index (Phi) is 24.9. The van der Waals surface area contributed by atoms with E-state index in [1.54, 1.807) is 13.8 Å². The van der Waals surface area contributed by atoms with Gasteiger partial charge in [-0.05, 0) is 13.8 Å². The molecule has 3 heteroatoms. The van der Waals surface area contributed by atoms with Gasteiger partial charge >= 0.3 is 23.1 Å². The monoisotopic (exact) mass is 166 g/mol. The van der Waals surface area contributed by atoms with E-state index in [4.69, 9.17) is 5.11 Å². The van der Waals surface area contributed by atoms with Gasteiger partial charge in [0.1, 0.15) is 0 Å². The first-order chi connectivity index (χ1) is 1.73. The third-order valence-electron chi connectivity index (χ3n) is 0. The van der Waals surface area contributed by atoms with Crippen LogP contribution >= 0.6 is 17.0 Å². The van der Waals surface area contributed by atoms with Gasteiger partial charge in [0.25, 0.3) is 0 Å². The summed E-state index contributed by atoms with van der Waals surface area (Å²) < 4.78 is 0. The van der Waals surface area contributed by atoms with Gasteiger partial charge in [0.2, 0.25) is 0 Å². The minimum Gasteiger partial charge on any atom is -1.00 e. The van der Waals surface area contributed by atoms with Crippen molar-refractivity contribution < 1.29 is 7.96 Å². The van der Waals surface area contributed by atoms with Crippen LogP contribution in [0.1, 0.15) is 16.7 Å². The van der Waals surface area contributed by atoms with Gasteiger partial charge in [-0.15, -0.1) is 17.0 Å². The van der Waals surface area contributed by atoms with Crippen molar-refractivity contribution in [2.75, 3.05) is 0 Å². The Bertz CT molecular complexity index is 22.0. The molecule has 0 fully saturated rings. The summed E-state index contributed by atoms with van der Waals surface area (Å²) in [6, 6.07) is 0. The molecule has 0 aromatic carbocycles. The van der Waals surface area contributed by atoms with Crippen LogP contribution in [0.15, 0.2) is 0 Å². The van der Waals surface area contributed by atoms with Gasteiger partial charge in [-0.3, -0.25) is 0 Å². The van der Waals surface area contributed by atoms with Crippen molar-refractivity contribution in [3.05, 3.63) is 0 Å². The summed E-state index contributed by atoms with van der Waals surface area (Å²) in [6.45, 7) is 3.44. The van der Waals surface area contributed by atoms with Crippen LogP contribution in [0.4, 0.5) is 0 Å². The van der Waals surface area contributed by atoms with Crippen LogP contribution in [0.3, 0.4) is 0 Å². The largest absolute Gasteiger partial charge is 2.00 e. The first-order valence-corrected chi connectivity index (χ1v) is 1.41. The maximum Gasteiger partial charge on any atom is 2.00 e. The molecule has 0 amide bonds. The van der Waals surface area contributed by atoms with E-state index in [9.17, 15) is 0 Å². The number of aliphatic hydroxyl groups excluding tert-OH is 1. The van der Waals surface area contributed by atoms with E-state index >= 15 is 0 Å². The zero-order valence-electron chi connectivity index (χ0n) is 6.14. The number of hydrogen-bond donors (Lipinski definition) is 1. The van der Waals surface area contributed by atoms with Crippen LogP contribution in [0.2, 0.25) is 0 Å². The van der Waals surface area contributed by atoms with Crippen LogP contribution < -0.4 is 0 Å². The minimum absolute atomic E-state index is 0. The van der Waals surface area contributed by atoms with Crippen molar-refractivity contribution in [1.82, 2.24) is 0 Å². The summed E-state index contributed by atoms with van der Waals surface area (Å²) >= 11 is 0. The van der Waals surface area contributed by atoms with Crippen molar-refractivity contribution in [2.24, 2.45) is 0 Å². The molecule has 6 heavy (non-hydrogen) atoms. The first-order valence-electron chi connectivity index (χ1n) is 1.41. The predicted molar refractivity (Wildman–Crippen MR) is 35.7 cm³/mol. The maximum atomic E-state index is 8.06. The maximum absolute atomic E-state index is 8.06. The van der Waals surface area contributed by atoms with Gasteiger partial charge in [-0.25, -0.2) is 0 Å². The molecule has 0 unspecified atom stereocenters. The molecule has 0 spiro atoms. The standard InChI is InChI=1S/C3H8O.BrH.Mg.2H/c1-3(2)4;;;;/h3-4H,1-2H3;1H;;;/q;;+2;2*-1. The molecular weight excluding hydrogens is 156 g/mol. The molecule has 0 aliphatic heterocycles. The normalized spacial score (nSPS) is 6.00. The van der Waals surface area contributed by atoms with Crippen LogP contribution in [0.25, 0.3) is 0 Å². The Morgan fingerprint density at radius 1 is 1.50 bits per heavy atom. The predicted octanol–water partition coefficient (Wildman–Crippen LogP) is 0.809. The van der Waals surface area contributed by atoms with E-state index in [2.05, 4.69) is 0 Å². The second-order valence-electron chi connectivity index (χ2n) is 1.09. The Hall–Kier alpha value is 1.21. The number of halogens is 1. The van der Waals surface area contributed by atoms with Crippen LogP contribution in [-0.2, 0) is 0 Å². The summed E-state index contributed by atoms with van der Waals surface area (Å²) in [7, 11) is 0.